The number of benzene rings is 1. The molecule has 2 aromatic rings. The number of rotatable bonds is 5. The molecule has 2 aliphatic heterocycles. The van der Waals surface area contributed by atoms with E-state index in [1.54, 1.807) is 11.1 Å². The Kier molecular flexibility index (Phi) is 5.34. The van der Waals surface area contributed by atoms with Crippen LogP contribution in [-0.2, 0) is 17.6 Å². The minimum Gasteiger partial charge on any atom is -0.447 e. The number of cyclic esters (lactones) is 1. The highest BCUT2D eigenvalue weighted by molar-refractivity contribution is 5.88. The van der Waals surface area contributed by atoms with Gasteiger partial charge in [0.1, 0.15) is 6.61 Å². The maximum absolute atomic E-state index is 12.2. The molecule has 0 aliphatic carbocycles. The monoisotopic (exact) mass is 366 g/mol. The van der Waals surface area contributed by atoms with Crippen molar-refractivity contribution in [2.24, 2.45) is 5.92 Å². The molecule has 6 heteroatoms. The summed E-state index contributed by atoms with van der Waals surface area (Å²) in [4.78, 5) is 25.4. The van der Waals surface area contributed by atoms with Crippen LogP contribution in [0.2, 0.25) is 0 Å². The summed E-state index contributed by atoms with van der Waals surface area (Å²) in [6.45, 7) is 2.68. The molecule has 3 heterocycles. The Morgan fingerprint density at radius 2 is 1.85 bits per heavy atom. The molecule has 2 aliphatic rings. The van der Waals surface area contributed by atoms with Gasteiger partial charge in [-0.1, -0.05) is 30.3 Å². The molecule has 1 aromatic carbocycles. The van der Waals surface area contributed by atoms with Crippen molar-refractivity contribution in [3.8, 4) is 0 Å². The molecule has 142 valence electrons. The Balaban J connectivity index is 1.42. The van der Waals surface area contributed by atoms with Crippen LogP contribution in [0.4, 0.5) is 10.6 Å². The smallest absolute Gasteiger partial charge is 0.415 e. The molecule has 2 saturated heterocycles. The van der Waals surface area contributed by atoms with Gasteiger partial charge in [-0.25, -0.2) is 9.78 Å². The lowest BCUT2D eigenvalue weighted by atomic mass is 9.92. The van der Waals surface area contributed by atoms with E-state index in [-0.39, 0.29) is 12.1 Å². The van der Waals surface area contributed by atoms with Gasteiger partial charge in [-0.3, -0.25) is 9.88 Å². The quantitative estimate of drug-likeness (QED) is 0.814. The Morgan fingerprint density at radius 3 is 2.56 bits per heavy atom. The molecule has 0 spiro atoms. The average molecular weight is 366 g/mol. The van der Waals surface area contributed by atoms with E-state index in [0.29, 0.717) is 18.3 Å². The Hall–Kier alpha value is -2.47. The second-order valence-electron chi connectivity index (χ2n) is 7.61. The van der Waals surface area contributed by atoms with E-state index in [1.165, 1.54) is 18.4 Å². The van der Waals surface area contributed by atoms with Gasteiger partial charge in [-0.05, 0) is 57.3 Å². The predicted octanol–water partition coefficient (Wildman–Crippen LogP) is 2.93. The number of carbonyl (C=O) groups is 1. The van der Waals surface area contributed by atoms with Crippen LogP contribution in [0.5, 0.6) is 0 Å². The van der Waals surface area contributed by atoms with E-state index >= 15 is 0 Å². The molecule has 1 atom stereocenters. The van der Waals surface area contributed by atoms with Crippen LogP contribution in [0.15, 0.2) is 42.7 Å². The standard InChI is InChI=1S/C21H26N4O2/c1-24-9-7-17(8-10-24)11-18-13-23-20(14-22-18)25-19(15-27-21(25)26)12-16-5-3-2-4-6-16/h2-6,13-14,17,19H,7-12,15H2,1H3/t19-/m0/s1. The van der Waals surface area contributed by atoms with Crippen molar-refractivity contribution in [1.82, 2.24) is 14.9 Å². The largest absolute Gasteiger partial charge is 0.447 e. The fraction of sp³-hybridized carbons (Fsp3) is 0.476. The summed E-state index contributed by atoms with van der Waals surface area (Å²) < 4.78 is 5.28. The van der Waals surface area contributed by atoms with Gasteiger partial charge in [0.2, 0.25) is 0 Å². The molecule has 4 rings (SSSR count). The zero-order valence-electron chi connectivity index (χ0n) is 15.8. The first kappa shape index (κ1) is 17.9. The summed E-state index contributed by atoms with van der Waals surface area (Å²) in [5, 5.41) is 0. The maximum atomic E-state index is 12.2. The van der Waals surface area contributed by atoms with Crippen LogP contribution in [0.3, 0.4) is 0 Å². The molecular weight excluding hydrogens is 340 g/mol. The van der Waals surface area contributed by atoms with Gasteiger partial charge in [0.15, 0.2) is 5.82 Å². The number of nitrogens with zero attached hydrogens (tertiary/aromatic N) is 4. The normalized spacial score (nSPS) is 21.4. The molecular formula is C21H26N4O2. The lowest BCUT2D eigenvalue weighted by Gasteiger charge is -2.28. The lowest BCUT2D eigenvalue weighted by Crippen LogP contribution is -2.35. The Morgan fingerprint density at radius 1 is 1.07 bits per heavy atom. The minimum atomic E-state index is -0.340. The van der Waals surface area contributed by atoms with Crippen LogP contribution in [0.1, 0.15) is 24.1 Å². The fourth-order valence-corrected chi connectivity index (χ4v) is 3.92. The summed E-state index contributed by atoms with van der Waals surface area (Å²) in [6.07, 6.45) is 7.31. The summed E-state index contributed by atoms with van der Waals surface area (Å²) in [5.74, 6) is 1.24. The van der Waals surface area contributed by atoms with Crippen LogP contribution in [0, 0.1) is 5.92 Å². The number of aromatic nitrogens is 2. The Bertz CT molecular complexity index is 758. The number of likely N-dealkylation sites (tertiary alicyclic amines) is 1. The predicted molar refractivity (Wildman–Crippen MR) is 104 cm³/mol. The van der Waals surface area contributed by atoms with Gasteiger partial charge in [-0.15, -0.1) is 0 Å². The molecule has 0 saturated carbocycles. The van der Waals surface area contributed by atoms with Gasteiger partial charge >= 0.3 is 6.09 Å². The third-order valence-electron chi connectivity index (χ3n) is 5.55. The van der Waals surface area contributed by atoms with Gasteiger partial charge < -0.3 is 9.64 Å². The number of ether oxygens (including phenoxy) is 1. The highest BCUT2D eigenvalue weighted by Gasteiger charge is 2.35. The first-order valence-corrected chi connectivity index (χ1v) is 9.68. The highest BCUT2D eigenvalue weighted by atomic mass is 16.6. The van der Waals surface area contributed by atoms with E-state index in [0.717, 1.165) is 31.6 Å². The van der Waals surface area contributed by atoms with Gasteiger partial charge in [0.05, 0.1) is 24.1 Å². The zero-order chi connectivity index (χ0) is 18.6. The van der Waals surface area contributed by atoms with Crippen LogP contribution in [-0.4, -0.2) is 53.7 Å². The van der Waals surface area contributed by atoms with Gasteiger partial charge in [0, 0.05) is 0 Å². The molecule has 27 heavy (non-hydrogen) atoms. The van der Waals surface area contributed by atoms with Crippen molar-refractivity contribution in [3.63, 3.8) is 0 Å². The maximum Gasteiger partial charge on any atom is 0.415 e. The summed E-state index contributed by atoms with van der Waals surface area (Å²) in [7, 11) is 2.17. The molecule has 0 unspecified atom stereocenters. The van der Waals surface area contributed by atoms with Crippen molar-refractivity contribution < 1.29 is 9.53 Å². The second-order valence-corrected chi connectivity index (χ2v) is 7.61. The van der Waals surface area contributed by atoms with E-state index < -0.39 is 0 Å². The van der Waals surface area contributed by atoms with E-state index in [4.69, 9.17) is 4.74 Å². The third-order valence-corrected chi connectivity index (χ3v) is 5.55. The first-order chi connectivity index (χ1) is 13.2. The van der Waals surface area contributed by atoms with E-state index in [1.807, 2.05) is 24.4 Å². The number of piperidine rings is 1. The summed E-state index contributed by atoms with van der Waals surface area (Å²) in [6, 6.07) is 10.1. The molecule has 1 amide bonds. The fourth-order valence-electron chi connectivity index (χ4n) is 3.92. The molecule has 0 N–H and O–H groups in total. The van der Waals surface area contributed by atoms with Crippen molar-refractivity contribution in [1.29, 1.82) is 0 Å². The highest BCUT2D eigenvalue weighted by Crippen LogP contribution is 2.24. The lowest BCUT2D eigenvalue weighted by molar-refractivity contribution is 0.178. The van der Waals surface area contributed by atoms with Gasteiger partial charge in [-0.2, -0.15) is 0 Å². The van der Waals surface area contributed by atoms with E-state index in [9.17, 15) is 4.79 Å². The minimum absolute atomic E-state index is 0.0473. The summed E-state index contributed by atoms with van der Waals surface area (Å²) in [5.41, 5.74) is 2.18. The molecule has 2 fully saturated rings. The SMILES string of the molecule is CN1CCC(Cc2cnc(N3C(=O)OC[C@@H]3Cc3ccccc3)cn2)CC1. The average Bonchev–Trinajstić information content (AvgIpc) is 3.05. The van der Waals surface area contributed by atoms with Crippen LogP contribution in [0.25, 0.3) is 0 Å². The van der Waals surface area contributed by atoms with Crippen molar-refractivity contribution >= 4 is 11.9 Å². The number of hydrogen-bond acceptors (Lipinski definition) is 5. The van der Waals surface area contributed by atoms with Crippen LogP contribution < -0.4 is 4.90 Å². The summed E-state index contributed by atoms with van der Waals surface area (Å²) >= 11 is 0. The van der Waals surface area contributed by atoms with Crippen molar-refractivity contribution in [2.45, 2.75) is 31.7 Å². The van der Waals surface area contributed by atoms with Gasteiger partial charge in [0.25, 0.3) is 0 Å². The van der Waals surface area contributed by atoms with Crippen molar-refractivity contribution in [2.75, 3.05) is 31.6 Å². The van der Waals surface area contributed by atoms with Crippen LogP contribution >= 0.6 is 0 Å². The topological polar surface area (TPSA) is 58.6 Å². The number of carbonyl (C=O) groups excluding carboxylic acids is 1. The molecule has 1 aromatic heterocycles. The third kappa shape index (κ3) is 4.27. The van der Waals surface area contributed by atoms with Crippen molar-refractivity contribution in [3.05, 3.63) is 54.0 Å². The molecule has 0 radical (unpaired) electrons. The number of anilines is 1. The Labute approximate surface area is 160 Å². The second kappa shape index (κ2) is 8.05. The molecule has 6 nitrogen and oxygen atoms in total. The van der Waals surface area contributed by atoms with E-state index in [2.05, 4.69) is 34.0 Å². The first-order valence-electron chi connectivity index (χ1n) is 9.68. The zero-order valence-corrected chi connectivity index (χ0v) is 15.8. The number of amides is 1. The molecule has 0 bridgehead atoms. The number of hydrogen-bond donors (Lipinski definition) is 0.